The van der Waals surface area contributed by atoms with Crippen LogP contribution in [0.15, 0.2) is 17.5 Å². The normalized spacial score (nSPS) is 24.2. The molecule has 0 bridgehead atoms. The molecule has 94 valence electrons. The molecule has 5 heteroatoms. The van der Waals surface area contributed by atoms with Gasteiger partial charge in [-0.1, -0.05) is 6.07 Å². The summed E-state index contributed by atoms with van der Waals surface area (Å²) >= 11 is 1.77. The Morgan fingerprint density at radius 1 is 1.47 bits per heavy atom. The molecule has 2 saturated heterocycles. The minimum atomic E-state index is 0. The van der Waals surface area contributed by atoms with Gasteiger partial charge in [0.1, 0.15) is 0 Å². The molecular weight excluding hydrogens is 256 g/mol. The van der Waals surface area contributed by atoms with Gasteiger partial charge >= 0.3 is 0 Å². The summed E-state index contributed by atoms with van der Waals surface area (Å²) in [5, 5.41) is 5.27. The molecule has 3 nitrogen and oxygen atoms in total. The van der Waals surface area contributed by atoms with Crippen LogP contribution >= 0.6 is 23.7 Å². The first-order valence-corrected chi connectivity index (χ1v) is 6.79. The summed E-state index contributed by atoms with van der Waals surface area (Å²) in [4.78, 5) is 15.7. The lowest BCUT2D eigenvalue weighted by Crippen LogP contribution is -2.51. The van der Waals surface area contributed by atoms with Crippen LogP contribution in [0.5, 0.6) is 0 Å². The lowest BCUT2D eigenvalue weighted by Gasteiger charge is -2.33. The maximum Gasteiger partial charge on any atom is 0.228 e. The van der Waals surface area contributed by atoms with E-state index in [-0.39, 0.29) is 18.3 Å². The van der Waals surface area contributed by atoms with Crippen molar-refractivity contribution in [1.82, 2.24) is 10.2 Å². The molecule has 0 aliphatic carbocycles. The summed E-state index contributed by atoms with van der Waals surface area (Å²) in [5.41, 5.74) is 0. The highest BCUT2D eigenvalue weighted by atomic mass is 35.5. The molecule has 1 unspecified atom stereocenters. The number of thiophene rings is 1. The van der Waals surface area contributed by atoms with Crippen LogP contribution in [-0.4, -0.2) is 30.4 Å². The highest BCUT2D eigenvalue weighted by Gasteiger charge is 2.36. The maximum atomic E-state index is 12.2. The second kappa shape index (κ2) is 5.38. The predicted molar refractivity (Wildman–Crippen MR) is 71.6 cm³/mol. The molecule has 3 heterocycles. The van der Waals surface area contributed by atoms with Crippen molar-refractivity contribution in [1.29, 1.82) is 0 Å². The number of hydrogen-bond acceptors (Lipinski definition) is 3. The molecule has 0 saturated carbocycles. The number of nitrogens with one attached hydrogen (secondary N) is 1. The first-order valence-electron chi connectivity index (χ1n) is 5.91. The average Bonchev–Trinajstić information content (AvgIpc) is 2.85. The average molecular weight is 273 g/mol. The molecule has 17 heavy (non-hydrogen) atoms. The quantitative estimate of drug-likeness (QED) is 0.894. The van der Waals surface area contributed by atoms with Gasteiger partial charge in [0.15, 0.2) is 0 Å². The second-order valence-corrected chi connectivity index (χ2v) is 5.54. The fourth-order valence-corrected chi connectivity index (χ4v) is 3.38. The van der Waals surface area contributed by atoms with Gasteiger partial charge in [0.05, 0.1) is 12.0 Å². The van der Waals surface area contributed by atoms with Gasteiger partial charge in [-0.25, -0.2) is 0 Å². The van der Waals surface area contributed by atoms with E-state index in [9.17, 15) is 4.79 Å². The molecule has 1 atom stereocenters. The zero-order valence-corrected chi connectivity index (χ0v) is 11.2. The van der Waals surface area contributed by atoms with Gasteiger partial charge in [0, 0.05) is 24.5 Å². The van der Waals surface area contributed by atoms with Crippen LogP contribution in [-0.2, 0) is 4.79 Å². The van der Waals surface area contributed by atoms with E-state index in [1.165, 1.54) is 4.88 Å². The highest BCUT2D eigenvalue weighted by Crippen LogP contribution is 2.35. The van der Waals surface area contributed by atoms with Crippen LogP contribution in [0.3, 0.4) is 0 Å². The van der Waals surface area contributed by atoms with Crippen molar-refractivity contribution < 1.29 is 4.79 Å². The number of carbonyl (C=O) groups is 1. The lowest BCUT2D eigenvalue weighted by atomic mass is 10.0. The van der Waals surface area contributed by atoms with Crippen molar-refractivity contribution in [3.8, 4) is 0 Å². The van der Waals surface area contributed by atoms with Crippen molar-refractivity contribution in [2.45, 2.75) is 18.9 Å². The Hall–Kier alpha value is -0.580. The van der Waals surface area contributed by atoms with Gasteiger partial charge in [-0.3, -0.25) is 4.79 Å². The third-order valence-corrected chi connectivity index (χ3v) is 4.51. The molecule has 3 rings (SSSR count). The Balaban J connectivity index is 0.00000108. The Morgan fingerprint density at radius 2 is 2.29 bits per heavy atom. The lowest BCUT2D eigenvalue weighted by molar-refractivity contribution is -0.138. The molecule has 1 aromatic rings. The van der Waals surface area contributed by atoms with E-state index in [4.69, 9.17) is 0 Å². The number of amides is 1. The number of halogens is 1. The molecule has 0 aromatic carbocycles. The minimum Gasteiger partial charge on any atom is -0.335 e. The summed E-state index contributed by atoms with van der Waals surface area (Å²) in [6, 6.07) is 4.58. The van der Waals surface area contributed by atoms with Gasteiger partial charge < -0.3 is 10.2 Å². The number of likely N-dealkylation sites (tertiary alicyclic amines) is 1. The first-order chi connectivity index (χ1) is 7.86. The van der Waals surface area contributed by atoms with Crippen molar-refractivity contribution in [3.05, 3.63) is 22.4 Å². The first kappa shape index (κ1) is 12.9. The summed E-state index contributed by atoms with van der Waals surface area (Å²) in [7, 11) is 0. The standard InChI is InChI=1S/C12H16N2OS.ClH/c15-12(9-7-13-8-9)14-5-1-3-10(14)11-4-2-6-16-11;/h2,4,6,9-10,13H,1,3,5,7-8H2;1H. The summed E-state index contributed by atoms with van der Waals surface area (Å²) in [5.74, 6) is 0.593. The highest BCUT2D eigenvalue weighted by molar-refractivity contribution is 7.10. The molecule has 0 spiro atoms. The van der Waals surface area contributed by atoms with Crippen LogP contribution in [0.2, 0.25) is 0 Å². The monoisotopic (exact) mass is 272 g/mol. The molecule has 2 aliphatic heterocycles. The molecule has 2 fully saturated rings. The van der Waals surface area contributed by atoms with Gasteiger partial charge in [-0.2, -0.15) is 0 Å². The van der Waals surface area contributed by atoms with Gasteiger partial charge in [-0.15, -0.1) is 23.7 Å². The number of nitrogens with zero attached hydrogens (tertiary/aromatic N) is 1. The van der Waals surface area contributed by atoms with E-state index in [0.717, 1.165) is 32.5 Å². The molecule has 1 amide bonds. The van der Waals surface area contributed by atoms with E-state index >= 15 is 0 Å². The number of carbonyl (C=O) groups excluding carboxylic acids is 1. The Labute approximate surface area is 112 Å². The van der Waals surface area contributed by atoms with E-state index in [0.29, 0.717) is 11.9 Å². The van der Waals surface area contributed by atoms with Crippen molar-refractivity contribution in [3.63, 3.8) is 0 Å². The van der Waals surface area contributed by atoms with Crippen molar-refractivity contribution >= 4 is 29.7 Å². The van der Waals surface area contributed by atoms with Gasteiger partial charge in [0.25, 0.3) is 0 Å². The predicted octanol–water partition coefficient (Wildman–Crippen LogP) is 2.05. The summed E-state index contributed by atoms with van der Waals surface area (Å²) in [6.45, 7) is 2.68. The zero-order chi connectivity index (χ0) is 11.0. The van der Waals surface area contributed by atoms with Crippen LogP contribution < -0.4 is 5.32 Å². The van der Waals surface area contributed by atoms with Gasteiger partial charge in [0.2, 0.25) is 5.91 Å². The fraction of sp³-hybridized carbons (Fsp3) is 0.583. The molecular formula is C12H17ClN2OS. The Morgan fingerprint density at radius 3 is 2.88 bits per heavy atom. The summed E-state index contributed by atoms with van der Waals surface area (Å²) in [6.07, 6.45) is 2.28. The summed E-state index contributed by atoms with van der Waals surface area (Å²) < 4.78 is 0. The van der Waals surface area contributed by atoms with Gasteiger partial charge in [-0.05, 0) is 24.3 Å². The molecule has 1 N–H and O–H groups in total. The van der Waals surface area contributed by atoms with E-state index < -0.39 is 0 Å². The van der Waals surface area contributed by atoms with Crippen LogP contribution in [0.1, 0.15) is 23.8 Å². The Bertz CT molecular complexity index is 378. The topological polar surface area (TPSA) is 32.3 Å². The Kier molecular flexibility index (Phi) is 4.07. The number of hydrogen-bond donors (Lipinski definition) is 1. The van der Waals surface area contributed by atoms with E-state index in [2.05, 4.69) is 27.7 Å². The van der Waals surface area contributed by atoms with E-state index in [1.807, 2.05) is 0 Å². The van der Waals surface area contributed by atoms with Crippen molar-refractivity contribution in [2.24, 2.45) is 5.92 Å². The fourth-order valence-electron chi connectivity index (χ4n) is 2.50. The van der Waals surface area contributed by atoms with Crippen LogP contribution in [0.4, 0.5) is 0 Å². The molecule has 2 aliphatic rings. The SMILES string of the molecule is Cl.O=C(C1CNC1)N1CCCC1c1cccs1. The van der Waals surface area contributed by atoms with Crippen molar-refractivity contribution in [2.75, 3.05) is 19.6 Å². The smallest absolute Gasteiger partial charge is 0.228 e. The third kappa shape index (κ3) is 2.34. The second-order valence-electron chi connectivity index (χ2n) is 4.56. The van der Waals surface area contributed by atoms with Crippen LogP contribution in [0.25, 0.3) is 0 Å². The van der Waals surface area contributed by atoms with E-state index in [1.54, 1.807) is 11.3 Å². The molecule has 0 radical (unpaired) electrons. The zero-order valence-electron chi connectivity index (χ0n) is 9.59. The van der Waals surface area contributed by atoms with Crippen LogP contribution in [0, 0.1) is 5.92 Å². The number of rotatable bonds is 2. The minimum absolute atomic E-state index is 0. The molecule has 1 aromatic heterocycles. The third-order valence-electron chi connectivity index (χ3n) is 3.54. The maximum absolute atomic E-state index is 12.2. The largest absolute Gasteiger partial charge is 0.335 e.